The zero-order chi connectivity index (χ0) is 11.4. The summed E-state index contributed by atoms with van der Waals surface area (Å²) in [7, 11) is 0. The maximum absolute atomic E-state index is 5.44. The fraction of sp³-hybridized carbons (Fsp3) is 0.385. The lowest BCUT2D eigenvalue weighted by molar-refractivity contribution is 0.689. The van der Waals surface area contributed by atoms with Crippen LogP contribution in [-0.2, 0) is 6.42 Å². The van der Waals surface area contributed by atoms with Crippen molar-refractivity contribution >= 4 is 10.9 Å². The van der Waals surface area contributed by atoms with Gasteiger partial charge in [-0.05, 0) is 31.5 Å². The summed E-state index contributed by atoms with van der Waals surface area (Å²) in [6.07, 6.45) is 1.05. The van der Waals surface area contributed by atoms with Crippen molar-refractivity contribution in [1.82, 2.24) is 10.3 Å². The molecular weight excluding hydrogens is 198 g/mol. The van der Waals surface area contributed by atoms with E-state index in [1.807, 2.05) is 0 Å². The van der Waals surface area contributed by atoms with E-state index in [-0.39, 0.29) is 0 Å². The van der Waals surface area contributed by atoms with Crippen molar-refractivity contribution in [3.8, 4) is 0 Å². The van der Waals surface area contributed by atoms with Gasteiger partial charge in [0.1, 0.15) is 0 Å². The summed E-state index contributed by atoms with van der Waals surface area (Å²) in [5.74, 6) is 0. The van der Waals surface area contributed by atoms with Crippen LogP contribution in [0.1, 0.15) is 11.3 Å². The zero-order valence-corrected chi connectivity index (χ0v) is 9.72. The Balaban J connectivity index is 2.13. The fourth-order valence-electron chi connectivity index (χ4n) is 2.10. The number of nitrogens with two attached hydrogens (primary N) is 1. The van der Waals surface area contributed by atoms with Gasteiger partial charge in [0.25, 0.3) is 0 Å². The number of hydrogen-bond donors (Lipinski definition) is 3. The molecule has 0 fully saturated rings. The smallest absolute Gasteiger partial charge is 0.0458 e. The molecule has 0 spiro atoms. The third-order valence-electron chi connectivity index (χ3n) is 2.90. The van der Waals surface area contributed by atoms with Gasteiger partial charge >= 0.3 is 0 Å². The lowest BCUT2D eigenvalue weighted by Crippen LogP contribution is -2.24. The van der Waals surface area contributed by atoms with Gasteiger partial charge in [-0.2, -0.15) is 0 Å². The van der Waals surface area contributed by atoms with Crippen molar-refractivity contribution < 1.29 is 0 Å². The van der Waals surface area contributed by atoms with Gasteiger partial charge in [0.15, 0.2) is 0 Å². The quantitative estimate of drug-likeness (QED) is 0.666. The molecule has 0 saturated carbocycles. The summed E-state index contributed by atoms with van der Waals surface area (Å²) in [5, 5.41) is 4.67. The molecule has 0 aliphatic carbocycles. The first-order valence-electron chi connectivity index (χ1n) is 5.80. The molecule has 0 aliphatic rings. The van der Waals surface area contributed by atoms with Crippen LogP contribution in [0, 0.1) is 6.92 Å². The molecule has 16 heavy (non-hydrogen) atoms. The molecule has 1 heterocycles. The molecule has 0 bridgehead atoms. The molecular formula is C13H19N3. The van der Waals surface area contributed by atoms with Gasteiger partial charge in [0.05, 0.1) is 0 Å². The lowest BCUT2D eigenvalue weighted by Gasteiger charge is -2.03. The highest BCUT2D eigenvalue weighted by Crippen LogP contribution is 2.21. The summed E-state index contributed by atoms with van der Waals surface area (Å²) in [4.78, 5) is 3.42. The monoisotopic (exact) mass is 217 g/mol. The van der Waals surface area contributed by atoms with Gasteiger partial charge in [0.2, 0.25) is 0 Å². The Morgan fingerprint density at radius 3 is 2.88 bits per heavy atom. The highest BCUT2D eigenvalue weighted by atomic mass is 14.9. The van der Waals surface area contributed by atoms with E-state index in [4.69, 9.17) is 5.73 Å². The van der Waals surface area contributed by atoms with Crippen LogP contribution in [0.25, 0.3) is 10.9 Å². The third kappa shape index (κ3) is 2.26. The van der Waals surface area contributed by atoms with Crippen molar-refractivity contribution in [3.05, 3.63) is 35.5 Å². The Kier molecular flexibility index (Phi) is 3.59. The summed E-state index contributed by atoms with van der Waals surface area (Å²) >= 11 is 0. The minimum Gasteiger partial charge on any atom is -0.358 e. The molecule has 0 aliphatic heterocycles. The highest BCUT2D eigenvalue weighted by Gasteiger charge is 2.06. The van der Waals surface area contributed by atoms with Crippen LogP contribution in [0.3, 0.4) is 0 Å². The van der Waals surface area contributed by atoms with Crippen LogP contribution in [0.4, 0.5) is 0 Å². The van der Waals surface area contributed by atoms with Gasteiger partial charge in [-0.15, -0.1) is 0 Å². The van der Waals surface area contributed by atoms with Crippen molar-refractivity contribution in [2.24, 2.45) is 5.73 Å². The van der Waals surface area contributed by atoms with Gasteiger partial charge < -0.3 is 16.0 Å². The van der Waals surface area contributed by atoms with E-state index in [1.54, 1.807) is 0 Å². The molecule has 2 rings (SSSR count). The molecule has 0 amide bonds. The Morgan fingerprint density at radius 1 is 1.25 bits per heavy atom. The maximum atomic E-state index is 5.44. The number of fused-ring (bicyclic) bond motifs is 1. The van der Waals surface area contributed by atoms with Crippen molar-refractivity contribution in [1.29, 1.82) is 0 Å². The number of aromatic nitrogens is 1. The van der Waals surface area contributed by atoms with Crippen LogP contribution >= 0.6 is 0 Å². The van der Waals surface area contributed by atoms with Crippen molar-refractivity contribution in [2.45, 2.75) is 13.3 Å². The first-order valence-corrected chi connectivity index (χ1v) is 5.80. The molecule has 0 saturated heterocycles. The molecule has 1 aromatic heterocycles. The number of benzene rings is 1. The maximum Gasteiger partial charge on any atom is 0.0458 e. The number of nitrogens with one attached hydrogen (secondary N) is 2. The topological polar surface area (TPSA) is 53.8 Å². The van der Waals surface area contributed by atoms with Crippen molar-refractivity contribution in [3.63, 3.8) is 0 Å². The van der Waals surface area contributed by atoms with E-state index in [2.05, 4.69) is 41.5 Å². The number of rotatable bonds is 5. The number of para-hydroxylation sites is 1. The second-order valence-corrected chi connectivity index (χ2v) is 4.06. The minimum absolute atomic E-state index is 0.701. The highest BCUT2D eigenvalue weighted by molar-refractivity contribution is 5.84. The van der Waals surface area contributed by atoms with Crippen LogP contribution in [0.5, 0.6) is 0 Å². The Morgan fingerprint density at radius 2 is 2.06 bits per heavy atom. The SMILES string of the molecule is Cc1[nH]c2ccccc2c1CCNCCN. The normalized spacial score (nSPS) is 11.1. The predicted octanol–water partition coefficient (Wildman–Crippen LogP) is 1.57. The van der Waals surface area contributed by atoms with Crippen LogP contribution < -0.4 is 11.1 Å². The summed E-state index contributed by atoms with van der Waals surface area (Å²) in [6.45, 7) is 4.71. The van der Waals surface area contributed by atoms with Gasteiger partial charge in [-0.1, -0.05) is 18.2 Å². The average Bonchev–Trinajstić information content (AvgIpc) is 2.61. The number of hydrogen-bond acceptors (Lipinski definition) is 2. The van der Waals surface area contributed by atoms with Crippen LogP contribution in [0.15, 0.2) is 24.3 Å². The van der Waals surface area contributed by atoms with Gasteiger partial charge in [0, 0.05) is 29.7 Å². The predicted molar refractivity (Wildman–Crippen MR) is 68.7 cm³/mol. The zero-order valence-electron chi connectivity index (χ0n) is 9.72. The second kappa shape index (κ2) is 5.14. The van der Waals surface area contributed by atoms with Crippen molar-refractivity contribution in [2.75, 3.05) is 19.6 Å². The molecule has 1 aromatic carbocycles. The average molecular weight is 217 g/mol. The molecule has 4 N–H and O–H groups in total. The standard InChI is InChI=1S/C13H19N3/c1-10-11(6-8-15-9-7-14)12-4-2-3-5-13(12)16-10/h2-5,15-16H,6-9,14H2,1H3. The Hall–Kier alpha value is -1.32. The molecule has 0 unspecified atom stereocenters. The molecule has 86 valence electrons. The Labute approximate surface area is 96.0 Å². The molecule has 3 nitrogen and oxygen atoms in total. The minimum atomic E-state index is 0.701. The van der Waals surface area contributed by atoms with E-state index in [0.29, 0.717) is 6.54 Å². The second-order valence-electron chi connectivity index (χ2n) is 4.06. The summed E-state index contributed by atoms with van der Waals surface area (Å²) < 4.78 is 0. The first-order chi connectivity index (χ1) is 7.83. The summed E-state index contributed by atoms with van der Waals surface area (Å²) in [5.41, 5.74) is 9.36. The van der Waals surface area contributed by atoms with E-state index in [9.17, 15) is 0 Å². The van der Waals surface area contributed by atoms with E-state index >= 15 is 0 Å². The first kappa shape index (κ1) is 11.2. The summed E-state index contributed by atoms with van der Waals surface area (Å²) in [6, 6.07) is 8.46. The van der Waals surface area contributed by atoms with E-state index in [0.717, 1.165) is 19.5 Å². The number of H-pyrrole nitrogens is 1. The van der Waals surface area contributed by atoms with E-state index in [1.165, 1.54) is 22.2 Å². The molecule has 3 heteroatoms. The van der Waals surface area contributed by atoms with Crippen LogP contribution in [-0.4, -0.2) is 24.6 Å². The molecule has 2 aromatic rings. The van der Waals surface area contributed by atoms with E-state index < -0.39 is 0 Å². The lowest BCUT2D eigenvalue weighted by atomic mass is 10.1. The molecule has 0 atom stereocenters. The molecule has 0 radical (unpaired) electrons. The van der Waals surface area contributed by atoms with Crippen LogP contribution in [0.2, 0.25) is 0 Å². The fourth-order valence-corrected chi connectivity index (χ4v) is 2.10. The number of aryl methyl sites for hydroxylation is 1. The third-order valence-corrected chi connectivity index (χ3v) is 2.90. The van der Waals surface area contributed by atoms with Gasteiger partial charge in [-0.3, -0.25) is 0 Å². The van der Waals surface area contributed by atoms with Gasteiger partial charge in [-0.25, -0.2) is 0 Å². The largest absolute Gasteiger partial charge is 0.358 e. The Bertz CT molecular complexity index is 459. The number of aromatic amines is 1.